The van der Waals surface area contributed by atoms with Gasteiger partial charge in [0.25, 0.3) is 0 Å². The van der Waals surface area contributed by atoms with Crippen LogP contribution in [0.15, 0.2) is 174 Å². The molecule has 1 atom stereocenters. The third kappa shape index (κ3) is 11.3. The molecule has 4 aromatic carbocycles. The fourth-order valence-electron chi connectivity index (χ4n) is 9.20. The van der Waals surface area contributed by atoms with Gasteiger partial charge in [-0.2, -0.15) is 0 Å². The van der Waals surface area contributed by atoms with Crippen molar-refractivity contribution in [2.45, 2.75) is 94.0 Å². The molecule has 2 aliphatic heterocycles. The number of benzene rings is 4. The third-order valence-corrected chi connectivity index (χ3v) is 14.2. The van der Waals surface area contributed by atoms with E-state index in [0.29, 0.717) is 6.04 Å². The highest BCUT2D eigenvalue weighted by molar-refractivity contribution is 7.97. The van der Waals surface area contributed by atoms with Crippen LogP contribution in [0.5, 0.6) is 0 Å². The predicted octanol–water partition coefficient (Wildman–Crippen LogP) is 10.9. The van der Waals surface area contributed by atoms with Gasteiger partial charge >= 0.3 is 0 Å². The number of pyridine rings is 2. The molecule has 3 aliphatic rings. The van der Waals surface area contributed by atoms with Gasteiger partial charge in [0, 0.05) is 92.8 Å². The molecule has 328 valence electrons. The molecular weight excluding hydrogens is 841 g/mol. The van der Waals surface area contributed by atoms with E-state index in [0.717, 1.165) is 89.1 Å². The molecule has 4 aromatic heterocycles. The Bertz CT molecular complexity index is 2700. The van der Waals surface area contributed by atoms with Gasteiger partial charge in [-0.25, -0.2) is 18.6 Å². The molecule has 0 amide bonds. The molecule has 12 heteroatoms. The monoisotopic (exact) mass is 894 g/mol. The van der Waals surface area contributed by atoms with Crippen LogP contribution in [0.1, 0.15) is 80.9 Å². The summed E-state index contributed by atoms with van der Waals surface area (Å²) in [5, 5.41) is 0. The summed E-state index contributed by atoms with van der Waals surface area (Å²) < 4.78 is 4.88. The number of aryl methyl sites for hydroxylation is 1. The van der Waals surface area contributed by atoms with Crippen LogP contribution in [0.2, 0.25) is 0 Å². The third-order valence-electron chi connectivity index (χ3n) is 12.2. The van der Waals surface area contributed by atoms with Crippen LogP contribution in [0, 0.1) is 0 Å². The molecule has 0 saturated heterocycles. The molecule has 0 bridgehead atoms. The van der Waals surface area contributed by atoms with Crippen LogP contribution in [0.4, 0.5) is 0 Å². The maximum atomic E-state index is 4.82. The maximum Gasteiger partial charge on any atom is 0.120 e. The molecule has 1 unspecified atom stereocenters. The SMILES string of the molecule is c1cc(CN(Cc2ncc[nH]2)C2CCCc3cccnc32)cc(SN2Cc3ccccc3C2)c1.c1ccc(CN(Cc2cccc(SN3Cc4ccccc4C3)c2)Cc2ncc[nH]2)nc1. The Morgan fingerprint density at radius 3 is 1.66 bits per heavy atom. The van der Waals surface area contributed by atoms with Crippen molar-refractivity contribution in [3.8, 4) is 0 Å². The summed E-state index contributed by atoms with van der Waals surface area (Å²) in [4.78, 5) is 32.3. The number of fused-ring (bicyclic) bond motifs is 3. The first-order chi connectivity index (χ1) is 32.1. The van der Waals surface area contributed by atoms with Crippen molar-refractivity contribution in [1.82, 2.24) is 48.3 Å². The first-order valence-corrected chi connectivity index (χ1v) is 24.1. The second-order valence-corrected chi connectivity index (χ2v) is 19.4. The lowest BCUT2D eigenvalue weighted by atomic mass is 9.90. The second-order valence-electron chi connectivity index (χ2n) is 17.0. The molecule has 6 heterocycles. The number of hydrogen-bond donors (Lipinski definition) is 2. The van der Waals surface area contributed by atoms with E-state index in [2.05, 4.69) is 159 Å². The average molecular weight is 895 g/mol. The molecule has 1 aliphatic carbocycles. The number of rotatable bonds is 15. The molecule has 65 heavy (non-hydrogen) atoms. The first kappa shape index (κ1) is 43.1. The molecule has 0 fully saturated rings. The van der Waals surface area contributed by atoms with Gasteiger partial charge in [0.05, 0.1) is 30.5 Å². The molecule has 8 aromatic rings. The van der Waals surface area contributed by atoms with E-state index in [9.17, 15) is 0 Å². The summed E-state index contributed by atoms with van der Waals surface area (Å²) in [5.41, 5.74) is 12.1. The molecule has 2 N–H and O–H groups in total. The Morgan fingerprint density at radius 1 is 0.508 bits per heavy atom. The minimum Gasteiger partial charge on any atom is -0.348 e. The summed E-state index contributed by atoms with van der Waals surface area (Å²) in [6, 6.07) is 46.1. The summed E-state index contributed by atoms with van der Waals surface area (Å²) in [6.07, 6.45) is 14.7. The van der Waals surface area contributed by atoms with Crippen LogP contribution < -0.4 is 0 Å². The van der Waals surface area contributed by atoms with Crippen molar-refractivity contribution in [1.29, 1.82) is 0 Å². The van der Waals surface area contributed by atoms with E-state index in [4.69, 9.17) is 4.98 Å². The Kier molecular flexibility index (Phi) is 13.9. The van der Waals surface area contributed by atoms with E-state index < -0.39 is 0 Å². The zero-order chi connectivity index (χ0) is 43.6. The minimum atomic E-state index is 0.305. The number of nitrogens with one attached hydrogen (secondary N) is 2. The summed E-state index contributed by atoms with van der Waals surface area (Å²) in [5.74, 6) is 1.97. The number of H-pyrrole nitrogens is 2. The van der Waals surface area contributed by atoms with Crippen molar-refractivity contribution < 1.29 is 0 Å². The van der Waals surface area contributed by atoms with Gasteiger partial charge in [0.15, 0.2) is 0 Å². The van der Waals surface area contributed by atoms with E-state index >= 15 is 0 Å². The highest BCUT2D eigenvalue weighted by atomic mass is 32.2. The maximum absolute atomic E-state index is 4.82. The van der Waals surface area contributed by atoms with E-state index in [1.54, 1.807) is 6.20 Å². The Morgan fingerprint density at radius 2 is 1.08 bits per heavy atom. The van der Waals surface area contributed by atoms with E-state index in [1.165, 1.54) is 60.8 Å². The topological polar surface area (TPSA) is 96.1 Å². The standard InChI is InChI=1S/C28H29N5S.C25H25N5S/c1-2-8-24-19-33(18-23(24)7-1)34-25-11-3-6-21(16-25)17-32(20-27-29-14-15-30-27)26-12-4-9-22-10-5-13-31-28(22)26;1-2-8-22-17-30(16-21(22)7-1)31-24-10-5-6-20(14-24)15-29(19-25-27-12-13-28-25)18-23-9-3-4-11-26-23/h1-3,5-8,10-11,13-16,26H,4,9,12,17-20H2,(H,29,30);1-14H,15-19H2,(H,27,28). The predicted molar refractivity (Wildman–Crippen MR) is 260 cm³/mol. The largest absolute Gasteiger partial charge is 0.348 e. The molecule has 0 saturated carbocycles. The number of aromatic amines is 2. The van der Waals surface area contributed by atoms with Gasteiger partial charge in [-0.1, -0.05) is 84.9 Å². The van der Waals surface area contributed by atoms with Gasteiger partial charge in [0.2, 0.25) is 0 Å². The van der Waals surface area contributed by atoms with Gasteiger partial charge in [-0.05, 0) is 125 Å². The highest BCUT2D eigenvalue weighted by Crippen LogP contribution is 2.37. The number of nitrogens with zero attached hydrogens (tertiary/aromatic N) is 8. The Hall–Kier alpha value is -5.86. The van der Waals surface area contributed by atoms with Crippen molar-refractivity contribution in [3.63, 3.8) is 0 Å². The lowest BCUT2D eigenvalue weighted by Crippen LogP contribution is -2.31. The minimum absolute atomic E-state index is 0.305. The molecule has 0 radical (unpaired) electrons. The number of hydrogen-bond acceptors (Lipinski definition) is 10. The van der Waals surface area contributed by atoms with Gasteiger partial charge in [-0.15, -0.1) is 0 Å². The van der Waals surface area contributed by atoms with Crippen LogP contribution >= 0.6 is 23.9 Å². The lowest BCUT2D eigenvalue weighted by Gasteiger charge is -2.34. The zero-order valence-corrected chi connectivity index (χ0v) is 38.2. The molecule has 10 nitrogen and oxygen atoms in total. The molecule has 0 spiro atoms. The number of aromatic nitrogens is 6. The van der Waals surface area contributed by atoms with E-state index in [1.807, 2.05) is 67.0 Å². The smallest absolute Gasteiger partial charge is 0.120 e. The van der Waals surface area contributed by atoms with Crippen molar-refractivity contribution in [2.75, 3.05) is 0 Å². The Balaban J connectivity index is 0.000000154. The van der Waals surface area contributed by atoms with Crippen LogP contribution in [-0.2, 0) is 65.3 Å². The lowest BCUT2D eigenvalue weighted by molar-refractivity contribution is 0.153. The average Bonchev–Trinajstić information content (AvgIpc) is 4.18. The highest BCUT2D eigenvalue weighted by Gasteiger charge is 2.28. The molecule has 11 rings (SSSR count). The van der Waals surface area contributed by atoms with Gasteiger partial charge in [0.1, 0.15) is 11.6 Å². The molecular formula is C53H54N10S2. The van der Waals surface area contributed by atoms with Crippen molar-refractivity contribution >= 4 is 23.9 Å². The van der Waals surface area contributed by atoms with Gasteiger partial charge in [-0.3, -0.25) is 19.8 Å². The van der Waals surface area contributed by atoms with Crippen LogP contribution in [0.25, 0.3) is 0 Å². The van der Waals surface area contributed by atoms with Crippen LogP contribution in [-0.4, -0.2) is 48.3 Å². The quantitative estimate of drug-likeness (QED) is 0.0969. The first-order valence-electron chi connectivity index (χ1n) is 22.6. The van der Waals surface area contributed by atoms with Crippen molar-refractivity contribution in [3.05, 3.63) is 227 Å². The summed E-state index contributed by atoms with van der Waals surface area (Å²) in [7, 11) is 0. The fraction of sp³-hybridized carbons (Fsp3) is 0.245. The fourth-order valence-corrected chi connectivity index (χ4v) is 11.3. The number of imidazole rings is 2. The van der Waals surface area contributed by atoms with E-state index in [-0.39, 0.29) is 0 Å². The zero-order valence-electron chi connectivity index (χ0n) is 36.5. The summed E-state index contributed by atoms with van der Waals surface area (Å²) in [6.45, 7) is 8.02. The second kappa shape index (κ2) is 21.0. The summed E-state index contributed by atoms with van der Waals surface area (Å²) >= 11 is 3.70. The Labute approximate surface area is 390 Å². The normalized spacial score (nSPS) is 15.7. The van der Waals surface area contributed by atoms with Crippen LogP contribution in [0.3, 0.4) is 0 Å². The van der Waals surface area contributed by atoms with Gasteiger partial charge < -0.3 is 9.97 Å². The van der Waals surface area contributed by atoms with Crippen molar-refractivity contribution in [2.24, 2.45) is 0 Å².